The summed E-state index contributed by atoms with van der Waals surface area (Å²) in [6, 6.07) is -1.22. The topological polar surface area (TPSA) is 110 Å². The lowest BCUT2D eigenvalue weighted by molar-refractivity contribution is -0.149. The van der Waals surface area contributed by atoms with Gasteiger partial charge in [0, 0.05) is 12.5 Å². The number of carbonyl (C=O) groups is 3. The van der Waals surface area contributed by atoms with Crippen molar-refractivity contribution >= 4 is 17.7 Å². The van der Waals surface area contributed by atoms with Gasteiger partial charge in [0.25, 0.3) is 0 Å². The van der Waals surface area contributed by atoms with Gasteiger partial charge in [0.15, 0.2) is 5.78 Å². The molecule has 7 nitrogen and oxygen atoms in total. The molecule has 1 rings (SSSR count). The van der Waals surface area contributed by atoms with Crippen LogP contribution >= 0.6 is 0 Å². The van der Waals surface area contributed by atoms with Crippen molar-refractivity contribution in [3.63, 3.8) is 0 Å². The summed E-state index contributed by atoms with van der Waals surface area (Å²) in [5.74, 6) is -1.63. The van der Waals surface area contributed by atoms with Gasteiger partial charge in [-0.1, -0.05) is 40.0 Å². The summed E-state index contributed by atoms with van der Waals surface area (Å²) >= 11 is 0. The molecular formula is C21H38N2O5. The van der Waals surface area contributed by atoms with E-state index in [4.69, 9.17) is 10.5 Å². The van der Waals surface area contributed by atoms with Crippen LogP contribution in [-0.4, -0.2) is 59.0 Å². The maximum atomic E-state index is 13.0. The number of hydrogen-bond acceptors (Lipinski definition) is 6. The zero-order valence-electron chi connectivity index (χ0n) is 17.9. The number of unbranched alkanes of at least 4 members (excludes halogenated alkanes) is 2. The molecule has 0 aromatic rings. The molecule has 1 aliphatic rings. The average Bonchev–Trinajstić information content (AvgIpc) is 3.14. The van der Waals surface area contributed by atoms with E-state index in [9.17, 15) is 19.5 Å². The van der Waals surface area contributed by atoms with Crippen LogP contribution in [0.25, 0.3) is 0 Å². The third-order valence-corrected chi connectivity index (χ3v) is 5.52. The molecule has 1 saturated heterocycles. The highest BCUT2D eigenvalue weighted by Gasteiger charge is 2.41. The zero-order valence-corrected chi connectivity index (χ0v) is 17.9. The minimum absolute atomic E-state index is 0.0211. The van der Waals surface area contributed by atoms with Crippen LogP contribution < -0.4 is 5.73 Å². The molecule has 0 aromatic carbocycles. The van der Waals surface area contributed by atoms with E-state index in [1.807, 2.05) is 13.8 Å². The molecule has 0 radical (unpaired) electrons. The van der Waals surface area contributed by atoms with Crippen LogP contribution in [0.2, 0.25) is 0 Å². The third kappa shape index (κ3) is 6.85. The highest BCUT2D eigenvalue weighted by molar-refractivity contribution is 5.90. The van der Waals surface area contributed by atoms with E-state index in [0.717, 1.165) is 25.7 Å². The predicted octanol–water partition coefficient (Wildman–Crippen LogP) is 2.04. The second-order valence-electron chi connectivity index (χ2n) is 8.06. The van der Waals surface area contributed by atoms with Gasteiger partial charge < -0.3 is 20.5 Å². The Morgan fingerprint density at radius 2 is 1.89 bits per heavy atom. The molecule has 0 aliphatic carbocycles. The van der Waals surface area contributed by atoms with E-state index in [-0.39, 0.29) is 30.6 Å². The summed E-state index contributed by atoms with van der Waals surface area (Å²) in [6.07, 6.45) is 3.26. The summed E-state index contributed by atoms with van der Waals surface area (Å²) < 4.78 is 5.00. The Balaban J connectivity index is 2.87. The number of rotatable bonds is 12. The van der Waals surface area contributed by atoms with Gasteiger partial charge in [0.1, 0.15) is 6.10 Å². The largest absolute Gasteiger partial charge is 0.466 e. The Morgan fingerprint density at radius 1 is 1.21 bits per heavy atom. The molecule has 4 atom stereocenters. The number of amides is 1. The van der Waals surface area contributed by atoms with Gasteiger partial charge in [-0.3, -0.25) is 14.4 Å². The number of nitrogens with zero attached hydrogens (tertiary/aromatic N) is 1. The molecule has 0 aromatic heterocycles. The maximum absolute atomic E-state index is 13.0. The monoisotopic (exact) mass is 398 g/mol. The van der Waals surface area contributed by atoms with Gasteiger partial charge in [0.05, 0.1) is 25.1 Å². The molecule has 2 unspecified atom stereocenters. The van der Waals surface area contributed by atoms with Crippen molar-refractivity contribution in [2.24, 2.45) is 17.6 Å². The molecule has 1 aliphatic heterocycles. The molecule has 1 heterocycles. The standard InChI is InChI=1S/C21H38N2O5/c1-5-7-8-10-15(13-17(24)28-6-2)19(25)20(26)16-11-9-12-23(16)21(27)18(22)14(3)4/h14-16,18,20,26H,5-13,22H2,1-4H3/t15?,16-,18-,20?/m0/s1. The van der Waals surface area contributed by atoms with Crippen molar-refractivity contribution in [3.05, 3.63) is 0 Å². The van der Waals surface area contributed by atoms with Crippen LogP contribution in [-0.2, 0) is 19.1 Å². The number of aliphatic hydroxyl groups excluding tert-OH is 1. The van der Waals surface area contributed by atoms with Gasteiger partial charge >= 0.3 is 5.97 Å². The van der Waals surface area contributed by atoms with Gasteiger partial charge in [-0.15, -0.1) is 0 Å². The van der Waals surface area contributed by atoms with Gasteiger partial charge in [0.2, 0.25) is 5.91 Å². The van der Waals surface area contributed by atoms with Crippen molar-refractivity contribution in [2.45, 2.75) is 90.8 Å². The number of carbonyl (C=O) groups excluding carboxylic acids is 3. The molecule has 1 fully saturated rings. The lowest BCUT2D eigenvalue weighted by Gasteiger charge is -2.32. The minimum atomic E-state index is -1.30. The van der Waals surface area contributed by atoms with Crippen LogP contribution in [0.15, 0.2) is 0 Å². The summed E-state index contributed by atoms with van der Waals surface area (Å²) in [4.78, 5) is 39.2. The van der Waals surface area contributed by atoms with E-state index in [2.05, 4.69) is 6.92 Å². The van der Waals surface area contributed by atoms with E-state index in [1.54, 1.807) is 11.8 Å². The van der Waals surface area contributed by atoms with Crippen molar-refractivity contribution in [1.29, 1.82) is 0 Å². The number of hydrogen-bond donors (Lipinski definition) is 2. The Morgan fingerprint density at radius 3 is 2.46 bits per heavy atom. The summed E-state index contributed by atoms with van der Waals surface area (Å²) in [6.45, 7) is 8.29. The minimum Gasteiger partial charge on any atom is -0.466 e. The van der Waals surface area contributed by atoms with E-state index in [1.165, 1.54) is 0 Å². The van der Waals surface area contributed by atoms with E-state index >= 15 is 0 Å². The number of esters is 1. The summed E-state index contributed by atoms with van der Waals surface area (Å²) in [5, 5.41) is 10.8. The predicted molar refractivity (Wildman–Crippen MR) is 107 cm³/mol. The first-order valence-corrected chi connectivity index (χ1v) is 10.7. The smallest absolute Gasteiger partial charge is 0.306 e. The molecule has 0 saturated carbocycles. The van der Waals surface area contributed by atoms with Crippen LogP contribution in [0.1, 0.15) is 72.6 Å². The van der Waals surface area contributed by atoms with Crippen LogP contribution in [0.3, 0.4) is 0 Å². The Kier molecular flexibility index (Phi) is 10.7. The fourth-order valence-electron chi connectivity index (χ4n) is 3.71. The highest BCUT2D eigenvalue weighted by atomic mass is 16.5. The molecular weight excluding hydrogens is 360 g/mol. The number of ether oxygens (including phenoxy) is 1. The van der Waals surface area contributed by atoms with Crippen LogP contribution in [0, 0.1) is 11.8 Å². The molecule has 7 heteroatoms. The second-order valence-corrected chi connectivity index (χ2v) is 8.06. The fraction of sp³-hybridized carbons (Fsp3) is 0.857. The third-order valence-electron chi connectivity index (χ3n) is 5.52. The van der Waals surface area contributed by atoms with Crippen molar-refractivity contribution < 1.29 is 24.2 Å². The maximum Gasteiger partial charge on any atom is 0.306 e. The molecule has 0 spiro atoms. The SMILES string of the molecule is CCCCCC(CC(=O)OCC)C(=O)C(O)[C@@H]1CCCN1C(=O)[C@@H](N)C(C)C. The first kappa shape index (κ1) is 24.6. The van der Waals surface area contributed by atoms with Crippen LogP contribution in [0.5, 0.6) is 0 Å². The second kappa shape index (κ2) is 12.2. The van der Waals surface area contributed by atoms with E-state index in [0.29, 0.717) is 19.4 Å². The lowest BCUT2D eigenvalue weighted by atomic mass is 9.87. The Hall–Kier alpha value is -1.47. The van der Waals surface area contributed by atoms with Crippen LogP contribution in [0.4, 0.5) is 0 Å². The number of Topliss-reactive ketones (excluding diaryl/α,β-unsaturated/α-hetero) is 1. The van der Waals surface area contributed by atoms with Gasteiger partial charge in [-0.25, -0.2) is 0 Å². The highest BCUT2D eigenvalue weighted by Crippen LogP contribution is 2.26. The number of aliphatic hydroxyl groups is 1. The van der Waals surface area contributed by atoms with Crippen molar-refractivity contribution in [2.75, 3.05) is 13.2 Å². The van der Waals surface area contributed by atoms with Gasteiger partial charge in [-0.2, -0.15) is 0 Å². The van der Waals surface area contributed by atoms with Crippen molar-refractivity contribution in [3.8, 4) is 0 Å². The fourth-order valence-corrected chi connectivity index (χ4v) is 3.71. The first-order chi connectivity index (χ1) is 13.2. The number of likely N-dealkylation sites (tertiary alicyclic amines) is 1. The van der Waals surface area contributed by atoms with Gasteiger partial charge in [-0.05, 0) is 32.1 Å². The normalized spacial score (nSPS) is 20.1. The summed E-state index contributed by atoms with van der Waals surface area (Å²) in [5.41, 5.74) is 6.00. The molecule has 1 amide bonds. The Bertz CT molecular complexity index is 523. The molecule has 0 bridgehead atoms. The zero-order chi connectivity index (χ0) is 21.3. The first-order valence-electron chi connectivity index (χ1n) is 10.7. The lowest BCUT2D eigenvalue weighted by Crippen LogP contribution is -2.53. The number of nitrogens with two attached hydrogens (primary N) is 1. The molecule has 3 N–H and O–H groups in total. The van der Waals surface area contributed by atoms with E-state index < -0.39 is 30.1 Å². The Labute approximate surface area is 169 Å². The summed E-state index contributed by atoms with van der Waals surface area (Å²) in [7, 11) is 0. The van der Waals surface area contributed by atoms with Crippen molar-refractivity contribution in [1.82, 2.24) is 4.90 Å². The quantitative estimate of drug-likeness (QED) is 0.384. The molecule has 162 valence electrons. The average molecular weight is 399 g/mol. The number of ketones is 1. The molecule has 28 heavy (non-hydrogen) atoms.